The Bertz CT molecular complexity index is 907. The fourth-order valence-corrected chi connectivity index (χ4v) is 3.04. The normalized spacial score (nSPS) is 11.2. The number of para-hydroxylation sites is 1. The number of anilines is 1. The van der Waals surface area contributed by atoms with Gasteiger partial charge in [0.2, 0.25) is 5.95 Å². The molecule has 0 aliphatic carbocycles. The molecular weight excluding hydrogens is 431 g/mol. The van der Waals surface area contributed by atoms with Gasteiger partial charge in [0.1, 0.15) is 5.82 Å². The summed E-state index contributed by atoms with van der Waals surface area (Å²) in [4.78, 5) is 13.3. The number of nitrogens with one attached hydrogen (secondary N) is 1. The number of fused-ring (bicyclic) bond motifs is 1. The van der Waals surface area contributed by atoms with Crippen LogP contribution in [0.4, 0.5) is 19.1 Å². The summed E-state index contributed by atoms with van der Waals surface area (Å²) < 4.78 is 36.8. The first-order chi connectivity index (χ1) is 12.5. The number of nitrogens with zero attached hydrogens (tertiary/aromatic N) is 4. The highest BCUT2D eigenvalue weighted by atomic mass is 79.9. The average Bonchev–Trinajstić information content (AvgIpc) is 3.03. The van der Waals surface area contributed by atoms with E-state index in [2.05, 4.69) is 61.1 Å². The lowest BCUT2D eigenvalue weighted by Gasteiger charge is -2.05. The molecule has 0 saturated carbocycles. The summed E-state index contributed by atoms with van der Waals surface area (Å²) in [5.41, 5.74) is 2.39. The molecule has 0 spiro atoms. The molecule has 0 bridgehead atoms. The highest BCUT2D eigenvalue weighted by Crippen LogP contribution is 2.30. The summed E-state index contributed by atoms with van der Waals surface area (Å²) in [5.74, 6) is -1.21. The second-order valence-electron chi connectivity index (χ2n) is 5.60. The molecule has 2 heterocycles. The van der Waals surface area contributed by atoms with E-state index < -0.39 is 12.1 Å². The molecule has 0 aliphatic rings. The van der Waals surface area contributed by atoms with Crippen LogP contribution in [0.5, 0.6) is 0 Å². The monoisotopic (exact) mass is 447 g/mol. The second kappa shape index (κ2) is 7.99. The Hall–Kier alpha value is -2.56. The molecule has 0 fully saturated rings. The van der Waals surface area contributed by atoms with Crippen molar-refractivity contribution in [1.82, 2.24) is 19.3 Å². The number of halogens is 4. The van der Waals surface area contributed by atoms with Gasteiger partial charge < -0.3 is 15.0 Å². The van der Waals surface area contributed by atoms with Crippen molar-refractivity contribution in [2.24, 2.45) is 14.1 Å². The Kier molecular flexibility index (Phi) is 6.14. The fourth-order valence-electron chi connectivity index (χ4n) is 2.30. The zero-order chi connectivity index (χ0) is 20.4. The number of carboxylic acids is 1. The van der Waals surface area contributed by atoms with Crippen LogP contribution in [-0.4, -0.2) is 36.6 Å². The third-order valence-corrected chi connectivity index (χ3v) is 4.68. The Morgan fingerprint density at radius 3 is 2.37 bits per heavy atom. The van der Waals surface area contributed by atoms with Crippen molar-refractivity contribution in [3.8, 4) is 0 Å². The summed E-state index contributed by atoms with van der Waals surface area (Å²) in [5, 5.41) is 15.9. The number of aromatic nitrogens is 4. The minimum Gasteiger partial charge on any atom is -0.475 e. The van der Waals surface area contributed by atoms with E-state index in [-0.39, 0.29) is 0 Å². The van der Waals surface area contributed by atoms with E-state index in [0.717, 1.165) is 10.3 Å². The Morgan fingerprint density at radius 1 is 1.30 bits per heavy atom. The predicted molar refractivity (Wildman–Crippen MR) is 97.4 cm³/mol. The number of alkyl halides is 3. The summed E-state index contributed by atoms with van der Waals surface area (Å²) in [7, 11) is 3.96. The molecule has 3 rings (SSSR count). The van der Waals surface area contributed by atoms with Crippen LogP contribution in [0.15, 0.2) is 28.7 Å². The predicted octanol–water partition coefficient (Wildman–Crippen LogP) is 3.62. The first-order valence-corrected chi connectivity index (χ1v) is 8.45. The van der Waals surface area contributed by atoms with Crippen LogP contribution in [0, 0.1) is 6.92 Å². The van der Waals surface area contributed by atoms with Crippen LogP contribution in [0.25, 0.3) is 10.9 Å². The fraction of sp³-hybridized carbons (Fsp3) is 0.312. The highest BCUT2D eigenvalue weighted by molar-refractivity contribution is 9.10. The van der Waals surface area contributed by atoms with Crippen molar-refractivity contribution in [3.05, 3.63) is 40.3 Å². The lowest BCUT2D eigenvalue weighted by molar-refractivity contribution is -0.192. The maximum atomic E-state index is 10.6. The van der Waals surface area contributed by atoms with Gasteiger partial charge >= 0.3 is 12.1 Å². The van der Waals surface area contributed by atoms with Gasteiger partial charge in [0, 0.05) is 29.5 Å². The van der Waals surface area contributed by atoms with Crippen LogP contribution in [0.1, 0.15) is 11.5 Å². The zero-order valence-electron chi connectivity index (χ0n) is 14.7. The molecule has 0 unspecified atom stereocenters. The summed E-state index contributed by atoms with van der Waals surface area (Å²) in [6.07, 6.45) is -5.08. The first kappa shape index (κ1) is 20.7. The lowest BCUT2D eigenvalue weighted by Crippen LogP contribution is -2.21. The van der Waals surface area contributed by atoms with Crippen LogP contribution in [0.3, 0.4) is 0 Å². The van der Waals surface area contributed by atoms with Crippen LogP contribution in [0.2, 0.25) is 0 Å². The zero-order valence-corrected chi connectivity index (χ0v) is 16.3. The van der Waals surface area contributed by atoms with Gasteiger partial charge in [-0.1, -0.05) is 18.2 Å². The second-order valence-corrected chi connectivity index (χ2v) is 6.39. The van der Waals surface area contributed by atoms with Crippen molar-refractivity contribution in [3.63, 3.8) is 0 Å². The standard InChI is InChI=1S/C14H16BrN5.C2HF3O2/c1-9-17-14(18-20(9)3)16-8-12-13(15)10-6-4-5-7-11(10)19(12)2;3-2(4,5)1(6)7/h4-7H,8H2,1-3H3,(H,16,18);(H,6,7). The molecule has 0 atom stereocenters. The van der Waals surface area contributed by atoms with Gasteiger partial charge in [0.05, 0.1) is 12.2 Å². The molecule has 1 aromatic carbocycles. The summed E-state index contributed by atoms with van der Waals surface area (Å²) in [6, 6.07) is 8.34. The smallest absolute Gasteiger partial charge is 0.475 e. The number of hydrogen-bond donors (Lipinski definition) is 2. The minimum atomic E-state index is -5.08. The van der Waals surface area contributed by atoms with Gasteiger partial charge in [0.25, 0.3) is 0 Å². The van der Waals surface area contributed by atoms with Crippen LogP contribution < -0.4 is 5.32 Å². The van der Waals surface area contributed by atoms with Crippen molar-refractivity contribution >= 4 is 38.8 Å². The van der Waals surface area contributed by atoms with E-state index in [1.165, 1.54) is 16.6 Å². The molecule has 0 saturated heterocycles. The number of carbonyl (C=O) groups is 1. The molecule has 0 amide bonds. The van der Waals surface area contributed by atoms with Crippen LogP contribution >= 0.6 is 15.9 Å². The molecule has 11 heteroatoms. The molecule has 3 aromatic rings. The van der Waals surface area contributed by atoms with Gasteiger partial charge in [-0.05, 0) is 28.9 Å². The van der Waals surface area contributed by atoms with E-state index in [1.54, 1.807) is 4.68 Å². The quantitative estimate of drug-likeness (QED) is 0.640. The first-order valence-electron chi connectivity index (χ1n) is 7.65. The van der Waals surface area contributed by atoms with Crippen molar-refractivity contribution in [1.29, 1.82) is 0 Å². The maximum Gasteiger partial charge on any atom is 0.490 e. The number of aryl methyl sites for hydroxylation is 3. The van der Waals surface area contributed by atoms with Gasteiger partial charge in [-0.15, -0.1) is 5.10 Å². The van der Waals surface area contributed by atoms with Gasteiger partial charge in [-0.2, -0.15) is 18.2 Å². The molecule has 0 aliphatic heterocycles. The topological polar surface area (TPSA) is 85.0 Å². The lowest BCUT2D eigenvalue weighted by atomic mass is 10.2. The van der Waals surface area contributed by atoms with E-state index in [4.69, 9.17) is 9.90 Å². The molecule has 146 valence electrons. The average molecular weight is 448 g/mol. The van der Waals surface area contributed by atoms with E-state index >= 15 is 0 Å². The van der Waals surface area contributed by atoms with Gasteiger partial charge in [-0.25, -0.2) is 4.79 Å². The van der Waals surface area contributed by atoms with Gasteiger partial charge in [-0.3, -0.25) is 4.68 Å². The van der Waals surface area contributed by atoms with Crippen molar-refractivity contribution < 1.29 is 23.1 Å². The molecule has 27 heavy (non-hydrogen) atoms. The van der Waals surface area contributed by atoms with Crippen molar-refractivity contribution in [2.75, 3.05) is 5.32 Å². The molecule has 2 N–H and O–H groups in total. The molecule has 2 aromatic heterocycles. The molecule has 7 nitrogen and oxygen atoms in total. The Labute approximate surface area is 160 Å². The van der Waals surface area contributed by atoms with Crippen molar-refractivity contribution in [2.45, 2.75) is 19.6 Å². The number of benzene rings is 1. The third kappa shape index (κ3) is 4.79. The Morgan fingerprint density at radius 2 is 1.89 bits per heavy atom. The van der Waals surface area contributed by atoms with Crippen LogP contribution in [-0.2, 0) is 25.4 Å². The Balaban J connectivity index is 0.000000321. The van der Waals surface area contributed by atoms with E-state index in [9.17, 15) is 13.2 Å². The van der Waals surface area contributed by atoms with E-state index in [0.29, 0.717) is 12.5 Å². The number of aliphatic carboxylic acids is 1. The minimum absolute atomic E-state index is 0.655. The summed E-state index contributed by atoms with van der Waals surface area (Å²) in [6.45, 7) is 2.61. The van der Waals surface area contributed by atoms with E-state index in [1.807, 2.05) is 20.0 Å². The largest absolute Gasteiger partial charge is 0.490 e. The van der Waals surface area contributed by atoms with Gasteiger partial charge in [0.15, 0.2) is 0 Å². The molecular formula is C16H17BrF3N5O2. The SMILES string of the molecule is Cc1nc(NCc2c(Br)c3ccccc3n2C)nn1C.O=C(O)C(F)(F)F. The number of carboxylic acid groups (broad SMARTS) is 1. The summed E-state index contributed by atoms with van der Waals surface area (Å²) >= 11 is 3.69. The number of hydrogen-bond acceptors (Lipinski definition) is 4. The molecule has 0 radical (unpaired) electrons. The maximum absolute atomic E-state index is 10.6. The number of rotatable bonds is 3. The third-order valence-electron chi connectivity index (χ3n) is 3.80. The highest BCUT2D eigenvalue weighted by Gasteiger charge is 2.38.